The smallest absolute Gasteiger partial charge is 0.248 e. The van der Waals surface area contributed by atoms with Crippen LogP contribution in [-0.4, -0.2) is 11.0 Å². The number of primary amides is 1. The lowest BCUT2D eigenvalue weighted by Gasteiger charge is -2.14. The molecule has 0 spiro atoms. The fourth-order valence-electron chi connectivity index (χ4n) is 2.05. The average molecular weight is 270 g/mol. The van der Waals surface area contributed by atoms with Crippen molar-refractivity contribution in [1.82, 2.24) is 0 Å². The minimum atomic E-state index is -0.532. The summed E-state index contributed by atoms with van der Waals surface area (Å²) >= 11 is 0. The molecule has 2 rings (SSSR count). The number of aliphatic hydroxyl groups excluding tert-OH is 1. The van der Waals surface area contributed by atoms with E-state index in [0.29, 0.717) is 12.1 Å². The summed E-state index contributed by atoms with van der Waals surface area (Å²) in [7, 11) is 0. The molecule has 2 aromatic rings. The van der Waals surface area contributed by atoms with E-state index in [2.05, 4.69) is 5.32 Å². The van der Waals surface area contributed by atoms with Crippen molar-refractivity contribution >= 4 is 11.6 Å². The maximum absolute atomic E-state index is 11.1. The van der Waals surface area contributed by atoms with Gasteiger partial charge in [-0.1, -0.05) is 30.3 Å². The maximum Gasteiger partial charge on any atom is 0.248 e. The van der Waals surface area contributed by atoms with Crippen molar-refractivity contribution in [2.45, 2.75) is 19.6 Å². The summed E-state index contributed by atoms with van der Waals surface area (Å²) in [5.41, 5.74) is 8.44. The number of amides is 1. The second-order valence-electron chi connectivity index (χ2n) is 4.68. The van der Waals surface area contributed by atoms with Gasteiger partial charge in [-0.2, -0.15) is 0 Å². The lowest BCUT2D eigenvalue weighted by molar-refractivity contribution is 0.1000. The topological polar surface area (TPSA) is 75.3 Å². The van der Waals surface area contributed by atoms with Gasteiger partial charge in [0.2, 0.25) is 5.91 Å². The molecule has 1 amide bonds. The third-order valence-corrected chi connectivity index (χ3v) is 3.11. The van der Waals surface area contributed by atoms with Gasteiger partial charge < -0.3 is 16.2 Å². The summed E-state index contributed by atoms with van der Waals surface area (Å²) < 4.78 is 0. The first-order chi connectivity index (χ1) is 9.58. The van der Waals surface area contributed by atoms with Crippen LogP contribution in [0.2, 0.25) is 0 Å². The van der Waals surface area contributed by atoms with E-state index in [-0.39, 0.29) is 0 Å². The third kappa shape index (κ3) is 3.36. The van der Waals surface area contributed by atoms with Crippen LogP contribution in [0.3, 0.4) is 0 Å². The highest BCUT2D eigenvalue weighted by molar-refractivity contribution is 5.92. The van der Waals surface area contributed by atoms with Gasteiger partial charge in [0.25, 0.3) is 0 Å². The summed E-state index contributed by atoms with van der Waals surface area (Å²) in [6.45, 7) is 2.29. The van der Waals surface area contributed by atoms with Crippen LogP contribution < -0.4 is 11.1 Å². The van der Waals surface area contributed by atoms with Crippen LogP contribution in [0.1, 0.15) is 34.5 Å². The van der Waals surface area contributed by atoms with Crippen molar-refractivity contribution in [2.75, 3.05) is 5.32 Å². The van der Waals surface area contributed by atoms with Gasteiger partial charge in [-0.25, -0.2) is 0 Å². The lowest BCUT2D eigenvalue weighted by atomic mass is 10.1. The quantitative estimate of drug-likeness (QED) is 0.781. The van der Waals surface area contributed by atoms with Gasteiger partial charge in [-0.05, 0) is 30.7 Å². The molecule has 0 heterocycles. The summed E-state index contributed by atoms with van der Waals surface area (Å²) in [4.78, 5) is 11.1. The second-order valence-corrected chi connectivity index (χ2v) is 4.68. The Bertz CT molecular complexity index is 609. The van der Waals surface area contributed by atoms with E-state index in [0.717, 1.165) is 16.8 Å². The Morgan fingerprint density at radius 2 is 2.00 bits per heavy atom. The van der Waals surface area contributed by atoms with Gasteiger partial charge in [0.1, 0.15) is 0 Å². The Balaban J connectivity index is 2.13. The number of para-hydroxylation sites is 1. The zero-order valence-corrected chi connectivity index (χ0v) is 11.3. The van der Waals surface area contributed by atoms with E-state index in [4.69, 9.17) is 5.73 Å². The van der Waals surface area contributed by atoms with Crippen LogP contribution in [0.15, 0.2) is 48.5 Å². The predicted molar refractivity (Wildman–Crippen MR) is 79.4 cm³/mol. The molecule has 0 aliphatic rings. The minimum absolute atomic E-state index is 0.434. The summed E-state index contributed by atoms with van der Waals surface area (Å²) in [6, 6.07) is 14.8. The molecule has 0 saturated carbocycles. The van der Waals surface area contributed by atoms with Crippen LogP contribution in [0.4, 0.5) is 5.69 Å². The number of aliphatic hydroxyl groups is 1. The molecule has 20 heavy (non-hydrogen) atoms. The first-order valence-corrected chi connectivity index (χ1v) is 6.47. The van der Waals surface area contributed by atoms with Gasteiger partial charge in [-0.15, -0.1) is 0 Å². The molecule has 0 aliphatic heterocycles. The molecule has 0 radical (unpaired) electrons. The Kier molecular flexibility index (Phi) is 4.38. The fraction of sp³-hybridized carbons (Fsp3) is 0.188. The highest BCUT2D eigenvalue weighted by Crippen LogP contribution is 2.22. The van der Waals surface area contributed by atoms with Crippen molar-refractivity contribution in [3.05, 3.63) is 65.2 Å². The largest absolute Gasteiger partial charge is 0.389 e. The number of carbonyl (C=O) groups is 1. The fourth-order valence-corrected chi connectivity index (χ4v) is 2.05. The lowest BCUT2D eigenvalue weighted by Crippen LogP contribution is -2.11. The van der Waals surface area contributed by atoms with Gasteiger partial charge in [0, 0.05) is 23.4 Å². The summed E-state index contributed by atoms with van der Waals surface area (Å²) in [6.07, 6.45) is -0.532. The molecule has 4 heteroatoms. The second kappa shape index (κ2) is 6.21. The first kappa shape index (κ1) is 14.1. The van der Waals surface area contributed by atoms with E-state index >= 15 is 0 Å². The van der Waals surface area contributed by atoms with E-state index < -0.39 is 12.0 Å². The number of anilines is 1. The molecule has 1 unspecified atom stereocenters. The highest BCUT2D eigenvalue weighted by atomic mass is 16.3. The number of nitrogens with two attached hydrogens (primary N) is 1. The van der Waals surface area contributed by atoms with E-state index in [9.17, 15) is 9.90 Å². The number of benzene rings is 2. The molecule has 0 saturated heterocycles. The molecular formula is C16H18N2O2. The van der Waals surface area contributed by atoms with Crippen LogP contribution in [0.5, 0.6) is 0 Å². The van der Waals surface area contributed by atoms with Gasteiger partial charge in [0.15, 0.2) is 0 Å². The maximum atomic E-state index is 11.1. The van der Waals surface area contributed by atoms with Crippen molar-refractivity contribution in [1.29, 1.82) is 0 Å². The number of nitrogens with one attached hydrogen (secondary N) is 1. The molecule has 4 N–H and O–H groups in total. The molecule has 0 aromatic heterocycles. The number of carbonyl (C=O) groups excluding carboxylic acids is 1. The van der Waals surface area contributed by atoms with Crippen LogP contribution >= 0.6 is 0 Å². The normalized spacial score (nSPS) is 11.9. The van der Waals surface area contributed by atoms with E-state index in [1.54, 1.807) is 25.1 Å². The molecule has 2 aromatic carbocycles. The predicted octanol–water partition coefficient (Wildman–Crippen LogP) is 2.45. The van der Waals surface area contributed by atoms with Crippen molar-refractivity contribution in [3.8, 4) is 0 Å². The van der Waals surface area contributed by atoms with Gasteiger partial charge in [0.05, 0.1) is 6.10 Å². The van der Waals surface area contributed by atoms with E-state index in [1.807, 2.05) is 30.3 Å². The Morgan fingerprint density at radius 1 is 1.25 bits per heavy atom. The van der Waals surface area contributed by atoms with Crippen molar-refractivity contribution < 1.29 is 9.90 Å². The SMILES string of the molecule is CC(O)c1ccccc1NCc1cccc(C(N)=O)c1. The standard InChI is InChI=1S/C16H18N2O2/c1-11(19)14-7-2-3-8-15(14)18-10-12-5-4-6-13(9-12)16(17)20/h2-9,11,18-19H,10H2,1H3,(H2,17,20). The molecular weight excluding hydrogens is 252 g/mol. The summed E-state index contributed by atoms with van der Waals surface area (Å²) in [5.74, 6) is -0.434. The Labute approximate surface area is 118 Å². The summed E-state index contributed by atoms with van der Waals surface area (Å²) in [5, 5.41) is 13.0. The zero-order chi connectivity index (χ0) is 14.5. The van der Waals surface area contributed by atoms with Crippen molar-refractivity contribution in [3.63, 3.8) is 0 Å². The molecule has 4 nitrogen and oxygen atoms in total. The molecule has 0 fully saturated rings. The van der Waals surface area contributed by atoms with Crippen LogP contribution in [-0.2, 0) is 6.54 Å². The molecule has 0 aliphatic carbocycles. The molecule has 104 valence electrons. The average Bonchev–Trinajstić information content (AvgIpc) is 2.45. The third-order valence-electron chi connectivity index (χ3n) is 3.11. The Morgan fingerprint density at radius 3 is 2.70 bits per heavy atom. The zero-order valence-electron chi connectivity index (χ0n) is 11.3. The number of hydrogen-bond acceptors (Lipinski definition) is 3. The van der Waals surface area contributed by atoms with Gasteiger partial charge >= 0.3 is 0 Å². The monoisotopic (exact) mass is 270 g/mol. The van der Waals surface area contributed by atoms with E-state index in [1.165, 1.54) is 0 Å². The van der Waals surface area contributed by atoms with Gasteiger partial charge in [-0.3, -0.25) is 4.79 Å². The number of hydrogen-bond donors (Lipinski definition) is 3. The minimum Gasteiger partial charge on any atom is -0.389 e. The first-order valence-electron chi connectivity index (χ1n) is 6.47. The molecule has 1 atom stereocenters. The number of rotatable bonds is 5. The van der Waals surface area contributed by atoms with Crippen LogP contribution in [0.25, 0.3) is 0 Å². The van der Waals surface area contributed by atoms with Crippen molar-refractivity contribution in [2.24, 2.45) is 5.73 Å². The molecule has 0 bridgehead atoms. The highest BCUT2D eigenvalue weighted by Gasteiger charge is 2.07. The van der Waals surface area contributed by atoms with Crippen LogP contribution in [0, 0.1) is 0 Å². The Hall–Kier alpha value is -2.33.